The lowest BCUT2D eigenvalue weighted by atomic mass is 10.2. The third-order valence-corrected chi connectivity index (χ3v) is 5.96. The van der Waals surface area contributed by atoms with E-state index in [2.05, 4.69) is 15.5 Å². The fourth-order valence-corrected chi connectivity index (χ4v) is 4.04. The number of ether oxygens (including phenoxy) is 2. The van der Waals surface area contributed by atoms with E-state index in [0.717, 1.165) is 11.3 Å². The predicted molar refractivity (Wildman–Crippen MR) is 104 cm³/mol. The van der Waals surface area contributed by atoms with Crippen molar-refractivity contribution in [1.82, 2.24) is 10.2 Å². The van der Waals surface area contributed by atoms with Gasteiger partial charge in [0.15, 0.2) is 16.5 Å². The summed E-state index contributed by atoms with van der Waals surface area (Å²) in [5, 5.41) is 11.4. The molecule has 2 heterocycles. The number of fused-ring (bicyclic) bond motifs is 1. The Labute approximate surface area is 167 Å². The minimum absolute atomic E-state index is 0.0731. The molecule has 0 unspecified atom stereocenters. The van der Waals surface area contributed by atoms with Crippen LogP contribution in [0.2, 0.25) is 5.02 Å². The summed E-state index contributed by atoms with van der Waals surface area (Å²) in [6, 6.07) is 15.3. The lowest BCUT2D eigenvalue weighted by Gasteiger charge is -2.07. The lowest BCUT2D eigenvalue weighted by molar-refractivity contribution is 0.174. The van der Waals surface area contributed by atoms with Crippen LogP contribution in [-0.2, 0) is 22.1 Å². The highest BCUT2D eigenvalue weighted by Gasteiger charge is 2.18. The van der Waals surface area contributed by atoms with E-state index in [1.54, 1.807) is 30.3 Å². The molecule has 0 saturated heterocycles. The number of rotatable bonds is 6. The second-order valence-corrected chi connectivity index (χ2v) is 8.56. The Hall–Kier alpha value is -2.84. The number of nitrogens with one attached hydrogen (secondary N) is 1. The Balaban J connectivity index is 1.41. The molecule has 9 heteroatoms. The number of anilines is 1. The van der Waals surface area contributed by atoms with Crippen molar-refractivity contribution in [1.29, 1.82) is 0 Å². The van der Waals surface area contributed by atoms with Gasteiger partial charge in [0.1, 0.15) is 5.82 Å². The van der Waals surface area contributed by atoms with Gasteiger partial charge in [-0.1, -0.05) is 29.8 Å². The van der Waals surface area contributed by atoms with Crippen LogP contribution in [0.5, 0.6) is 11.5 Å². The van der Waals surface area contributed by atoms with Gasteiger partial charge >= 0.3 is 0 Å². The molecule has 0 saturated carbocycles. The first kappa shape index (κ1) is 18.5. The second kappa shape index (κ2) is 7.65. The van der Waals surface area contributed by atoms with E-state index < -0.39 is 9.84 Å². The highest BCUT2D eigenvalue weighted by molar-refractivity contribution is 7.90. The van der Waals surface area contributed by atoms with E-state index in [-0.39, 0.29) is 17.6 Å². The molecule has 1 N–H and O–H groups in total. The third kappa shape index (κ3) is 4.18. The Morgan fingerprint density at radius 1 is 0.929 bits per heavy atom. The Kier molecular flexibility index (Phi) is 5.06. The second-order valence-electron chi connectivity index (χ2n) is 6.18. The van der Waals surface area contributed by atoms with Gasteiger partial charge < -0.3 is 14.8 Å². The Morgan fingerprint density at radius 3 is 2.43 bits per heavy atom. The zero-order valence-corrected chi connectivity index (χ0v) is 16.2. The molecule has 28 heavy (non-hydrogen) atoms. The van der Waals surface area contributed by atoms with Crippen LogP contribution in [-0.4, -0.2) is 25.4 Å². The van der Waals surface area contributed by atoms with Crippen LogP contribution in [0.3, 0.4) is 0 Å². The summed E-state index contributed by atoms with van der Waals surface area (Å²) >= 11 is 5.83. The number of hydrogen-bond donors (Lipinski definition) is 1. The molecule has 0 radical (unpaired) electrons. The van der Waals surface area contributed by atoms with Gasteiger partial charge in [0.05, 0.1) is 5.75 Å². The summed E-state index contributed by atoms with van der Waals surface area (Å²) in [4.78, 5) is 0. The smallest absolute Gasteiger partial charge is 0.231 e. The molecule has 0 bridgehead atoms. The van der Waals surface area contributed by atoms with Crippen LogP contribution in [0.4, 0.5) is 5.82 Å². The van der Waals surface area contributed by atoms with E-state index in [9.17, 15) is 8.42 Å². The maximum absolute atomic E-state index is 12.5. The molecule has 1 aliphatic heterocycles. The van der Waals surface area contributed by atoms with Crippen LogP contribution in [0.15, 0.2) is 59.6 Å². The van der Waals surface area contributed by atoms with Gasteiger partial charge in [-0.25, -0.2) is 8.42 Å². The van der Waals surface area contributed by atoms with Crippen molar-refractivity contribution in [3.05, 3.63) is 70.7 Å². The summed E-state index contributed by atoms with van der Waals surface area (Å²) in [6.07, 6.45) is 0. The molecule has 3 aromatic rings. The Morgan fingerprint density at radius 2 is 1.68 bits per heavy atom. The topological polar surface area (TPSA) is 90.4 Å². The molecule has 0 spiro atoms. The van der Waals surface area contributed by atoms with Crippen molar-refractivity contribution in [2.24, 2.45) is 0 Å². The predicted octanol–water partition coefficient (Wildman–Crippen LogP) is 3.44. The number of halogens is 1. The van der Waals surface area contributed by atoms with Crippen molar-refractivity contribution < 1.29 is 17.9 Å². The standard InChI is InChI=1S/C19H16ClN3O4S/c20-15-4-1-13(2-5-15)11-28(24,25)19-8-7-18(22-23-19)21-10-14-3-6-16-17(9-14)27-12-26-16/h1-9H,10-12H2,(H,21,22). The monoisotopic (exact) mass is 417 g/mol. The van der Waals surface area contributed by atoms with Crippen molar-refractivity contribution in [3.63, 3.8) is 0 Å². The van der Waals surface area contributed by atoms with Gasteiger partial charge in [-0.3, -0.25) is 0 Å². The van der Waals surface area contributed by atoms with Gasteiger partial charge in [-0.05, 0) is 47.5 Å². The molecule has 2 aromatic carbocycles. The molecular formula is C19H16ClN3O4S. The van der Waals surface area contributed by atoms with Gasteiger partial charge in [-0.15, -0.1) is 10.2 Å². The zero-order chi connectivity index (χ0) is 19.6. The minimum atomic E-state index is -3.59. The largest absolute Gasteiger partial charge is 0.454 e. The molecule has 0 aliphatic carbocycles. The SMILES string of the molecule is O=S(=O)(Cc1ccc(Cl)cc1)c1ccc(NCc2ccc3c(c2)OCO3)nn1. The first-order valence-corrected chi connectivity index (χ1v) is 10.5. The average Bonchev–Trinajstić information content (AvgIpc) is 3.16. The highest BCUT2D eigenvalue weighted by Crippen LogP contribution is 2.32. The fraction of sp³-hybridized carbons (Fsp3) is 0.158. The van der Waals surface area contributed by atoms with Crippen LogP contribution in [0, 0.1) is 0 Å². The number of sulfone groups is 1. The van der Waals surface area contributed by atoms with Gasteiger partial charge in [-0.2, -0.15) is 0 Å². The van der Waals surface area contributed by atoms with Gasteiger partial charge in [0.25, 0.3) is 0 Å². The van der Waals surface area contributed by atoms with E-state index in [1.807, 2.05) is 18.2 Å². The van der Waals surface area contributed by atoms with Crippen molar-refractivity contribution in [2.75, 3.05) is 12.1 Å². The molecule has 7 nitrogen and oxygen atoms in total. The van der Waals surface area contributed by atoms with Crippen molar-refractivity contribution in [2.45, 2.75) is 17.3 Å². The summed E-state index contributed by atoms with van der Waals surface area (Å²) in [5.41, 5.74) is 1.61. The van der Waals surface area contributed by atoms with E-state index in [4.69, 9.17) is 21.1 Å². The molecule has 0 atom stereocenters. The summed E-state index contributed by atoms with van der Waals surface area (Å²) < 4.78 is 35.6. The summed E-state index contributed by atoms with van der Waals surface area (Å²) in [7, 11) is -3.59. The molecule has 4 rings (SSSR count). The fourth-order valence-electron chi connectivity index (χ4n) is 2.70. The van der Waals surface area contributed by atoms with Gasteiger partial charge in [0, 0.05) is 11.6 Å². The van der Waals surface area contributed by atoms with Crippen LogP contribution in [0.25, 0.3) is 0 Å². The molecule has 0 fully saturated rings. The maximum atomic E-state index is 12.5. The average molecular weight is 418 g/mol. The van der Waals surface area contributed by atoms with E-state index in [1.165, 1.54) is 6.07 Å². The lowest BCUT2D eigenvalue weighted by Crippen LogP contribution is -2.09. The zero-order valence-electron chi connectivity index (χ0n) is 14.6. The van der Waals surface area contributed by atoms with Crippen LogP contribution >= 0.6 is 11.6 Å². The van der Waals surface area contributed by atoms with E-state index >= 15 is 0 Å². The molecule has 144 valence electrons. The summed E-state index contributed by atoms with van der Waals surface area (Å²) in [6.45, 7) is 0.714. The normalized spacial score (nSPS) is 12.8. The van der Waals surface area contributed by atoms with Crippen molar-refractivity contribution >= 4 is 27.3 Å². The number of benzene rings is 2. The number of aromatic nitrogens is 2. The molecule has 1 aromatic heterocycles. The highest BCUT2D eigenvalue weighted by atomic mass is 35.5. The first-order chi connectivity index (χ1) is 13.5. The number of hydrogen-bond acceptors (Lipinski definition) is 7. The maximum Gasteiger partial charge on any atom is 0.231 e. The summed E-state index contributed by atoms with van der Waals surface area (Å²) in [5.74, 6) is 1.74. The van der Waals surface area contributed by atoms with Crippen molar-refractivity contribution in [3.8, 4) is 11.5 Å². The molecular weight excluding hydrogens is 402 g/mol. The molecule has 0 amide bonds. The number of nitrogens with zero attached hydrogens (tertiary/aromatic N) is 2. The van der Waals surface area contributed by atoms with E-state index in [0.29, 0.717) is 28.7 Å². The first-order valence-electron chi connectivity index (χ1n) is 8.43. The van der Waals surface area contributed by atoms with Gasteiger partial charge in [0.2, 0.25) is 16.6 Å². The third-order valence-electron chi connectivity index (χ3n) is 4.14. The van der Waals surface area contributed by atoms with Crippen LogP contribution in [0.1, 0.15) is 11.1 Å². The quantitative estimate of drug-likeness (QED) is 0.656. The minimum Gasteiger partial charge on any atom is -0.454 e. The molecule has 1 aliphatic rings. The Bertz CT molecular complexity index is 1090. The van der Waals surface area contributed by atoms with Crippen LogP contribution < -0.4 is 14.8 Å².